The molecule has 7 amide bonds. The van der Waals surface area contributed by atoms with Crippen molar-refractivity contribution in [2.45, 2.75) is 154 Å². The van der Waals surface area contributed by atoms with Crippen LogP contribution in [0.25, 0.3) is 0 Å². The van der Waals surface area contributed by atoms with E-state index in [0.29, 0.717) is 0 Å². The van der Waals surface area contributed by atoms with Crippen molar-refractivity contribution in [1.29, 1.82) is 0 Å². The van der Waals surface area contributed by atoms with Crippen LogP contribution >= 0.6 is 0 Å². The molecule has 0 aromatic rings. The molecule has 0 saturated carbocycles. The highest BCUT2D eigenvalue weighted by atomic mass is 16.4. The summed E-state index contributed by atoms with van der Waals surface area (Å²) in [7, 11) is 0. The molecule has 10 atom stereocenters. The molecule has 0 rings (SSSR count). The highest BCUT2D eigenvalue weighted by molar-refractivity contribution is 5.98. The Hall–Kier alpha value is -5.46. The Morgan fingerprint density at radius 3 is 1.11 bits per heavy atom. The molecule has 62 heavy (non-hydrogen) atoms. The van der Waals surface area contributed by atoms with Gasteiger partial charge in [-0.2, -0.15) is 0 Å². The topological polar surface area (TPSA) is 402 Å². The number of aliphatic hydroxyl groups is 3. The molecular weight excluding hydrogens is 824 g/mol. The largest absolute Gasteiger partial charge is 0.481 e. The van der Waals surface area contributed by atoms with E-state index in [1.807, 2.05) is 5.32 Å². The summed E-state index contributed by atoms with van der Waals surface area (Å²) < 4.78 is 0. The molecule has 0 fully saturated rings. The maximum atomic E-state index is 13.7. The average Bonchev–Trinajstić information content (AvgIpc) is 3.15. The van der Waals surface area contributed by atoms with Crippen molar-refractivity contribution < 1.29 is 78.6 Å². The summed E-state index contributed by atoms with van der Waals surface area (Å²) in [5.41, 5.74) is 5.59. The van der Waals surface area contributed by atoms with Crippen molar-refractivity contribution in [3.63, 3.8) is 0 Å². The van der Waals surface area contributed by atoms with Crippen LogP contribution in [0.5, 0.6) is 0 Å². The Labute approximate surface area is 359 Å². The Bertz CT molecular complexity index is 1570. The van der Waals surface area contributed by atoms with E-state index < -0.39 is 158 Å². The van der Waals surface area contributed by atoms with Gasteiger partial charge in [0.2, 0.25) is 41.4 Å². The molecule has 0 spiro atoms. The lowest BCUT2D eigenvalue weighted by atomic mass is 9.99. The minimum atomic E-state index is -1.83. The summed E-state index contributed by atoms with van der Waals surface area (Å²) in [6.45, 7) is 11.4. The SMILES string of the molecule is CC(C)C[C@H](NC(=O)[C@H](CC(C)C)NC(=O)[C@@H](N)CO)C(=O)N[C@H](C(=O)N[C@@H](CCC(=O)O)C(=O)N[C@H](C(=O)N[C@@H](CCC(=O)O)C(=O)N[C@H](C(=O)O)[C@@H](C)O)C(C)C)[C@@H](C)O. The zero-order valence-electron chi connectivity index (χ0n) is 36.3. The van der Waals surface area contributed by atoms with Gasteiger partial charge in [-0.3, -0.25) is 43.2 Å². The number of nitrogens with two attached hydrogens (primary N) is 1. The average molecular weight is 891 g/mol. The van der Waals surface area contributed by atoms with Gasteiger partial charge in [0.25, 0.3) is 0 Å². The lowest BCUT2D eigenvalue weighted by molar-refractivity contribution is -0.145. The fourth-order valence-corrected chi connectivity index (χ4v) is 5.73. The molecule has 0 radical (unpaired) electrons. The summed E-state index contributed by atoms with van der Waals surface area (Å²) >= 11 is 0. The predicted molar refractivity (Wildman–Crippen MR) is 217 cm³/mol. The number of carbonyl (C=O) groups excluding carboxylic acids is 7. The predicted octanol–water partition coefficient (Wildman–Crippen LogP) is -3.98. The van der Waals surface area contributed by atoms with Crippen molar-refractivity contribution >= 4 is 59.3 Å². The maximum Gasteiger partial charge on any atom is 0.328 e. The van der Waals surface area contributed by atoms with Crippen LogP contribution < -0.4 is 43.0 Å². The van der Waals surface area contributed by atoms with Crippen molar-refractivity contribution in [2.75, 3.05) is 6.61 Å². The van der Waals surface area contributed by atoms with Gasteiger partial charge in [0.1, 0.15) is 42.3 Å². The first kappa shape index (κ1) is 56.5. The Morgan fingerprint density at radius 1 is 0.452 bits per heavy atom. The third-order valence-corrected chi connectivity index (χ3v) is 9.13. The molecule has 0 heterocycles. The number of hydrogen-bond donors (Lipinski definition) is 14. The minimum absolute atomic E-state index is 0.00599. The minimum Gasteiger partial charge on any atom is -0.481 e. The second kappa shape index (κ2) is 27.5. The van der Waals surface area contributed by atoms with Crippen LogP contribution in [-0.2, 0) is 47.9 Å². The van der Waals surface area contributed by atoms with Gasteiger partial charge in [-0.05, 0) is 57.3 Å². The number of hydrogen-bond acceptors (Lipinski definition) is 14. The molecule has 0 aliphatic carbocycles. The Balaban J connectivity index is 6.47. The van der Waals surface area contributed by atoms with Crippen molar-refractivity contribution in [3.05, 3.63) is 0 Å². The normalized spacial score (nSPS) is 16.2. The third kappa shape index (κ3) is 20.9. The fraction of sp³-hybridized carbons (Fsp3) is 0.737. The lowest BCUT2D eigenvalue weighted by Crippen LogP contribution is -2.62. The molecule has 0 unspecified atom stereocenters. The van der Waals surface area contributed by atoms with Gasteiger partial charge in [-0.25, -0.2) is 4.79 Å². The zero-order valence-corrected chi connectivity index (χ0v) is 36.3. The van der Waals surface area contributed by atoms with Crippen LogP contribution in [-0.4, -0.2) is 157 Å². The van der Waals surface area contributed by atoms with E-state index in [1.165, 1.54) is 13.8 Å². The molecule has 0 aliphatic heterocycles. The molecule has 15 N–H and O–H groups in total. The molecule has 0 bridgehead atoms. The summed E-state index contributed by atoms with van der Waals surface area (Å²) in [6, 6.07) is -12.4. The molecule has 24 nitrogen and oxygen atoms in total. The third-order valence-electron chi connectivity index (χ3n) is 9.13. The van der Waals surface area contributed by atoms with Gasteiger partial charge >= 0.3 is 17.9 Å². The van der Waals surface area contributed by atoms with Crippen molar-refractivity contribution in [1.82, 2.24) is 37.2 Å². The summed E-state index contributed by atoms with van der Waals surface area (Å²) in [5.74, 6) is -12.6. The molecule has 0 saturated heterocycles. The summed E-state index contributed by atoms with van der Waals surface area (Å²) in [5, 5.41) is 73.9. The van der Waals surface area contributed by atoms with Gasteiger partial charge in [-0.15, -0.1) is 0 Å². The Morgan fingerprint density at radius 2 is 0.774 bits per heavy atom. The van der Waals surface area contributed by atoms with Crippen LogP contribution in [0.1, 0.15) is 93.9 Å². The number of aliphatic hydroxyl groups excluding tert-OH is 3. The number of carboxylic acid groups (broad SMARTS) is 3. The van der Waals surface area contributed by atoms with Crippen molar-refractivity contribution in [3.8, 4) is 0 Å². The van der Waals surface area contributed by atoms with Gasteiger partial charge in [0.05, 0.1) is 18.8 Å². The van der Waals surface area contributed by atoms with E-state index in [1.54, 1.807) is 27.7 Å². The highest BCUT2D eigenvalue weighted by Crippen LogP contribution is 2.12. The fourth-order valence-electron chi connectivity index (χ4n) is 5.73. The van der Waals surface area contributed by atoms with Crippen LogP contribution in [0.2, 0.25) is 0 Å². The standard InChI is InChI=1S/C38H66N8O16/c1-16(2)13-24(42-31(54)21(39)15-47)34(57)43-25(14-17(3)4)35(58)45-29(19(7)48)37(60)41-22(9-11-26(50)51)32(55)44-28(18(5)6)36(59)40-23(10-12-27(52)53)33(56)46-30(20(8)49)38(61)62/h16-25,28-30,47-49H,9-15,39H2,1-8H3,(H,40,59)(H,41,60)(H,42,54)(H,43,57)(H,44,55)(H,45,58)(H,46,56)(H,50,51)(H,52,53)(H,61,62)/t19-,20-,21+,22+,23+,24+,25+,28+,29+,30+/m1/s1. The molecular formula is C38H66N8O16. The van der Waals surface area contributed by atoms with E-state index in [-0.39, 0.29) is 24.7 Å². The first-order valence-electron chi connectivity index (χ1n) is 20.1. The van der Waals surface area contributed by atoms with Gasteiger partial charge in [-0.1, -0.05) is 41.5 Å². The van der Waals surface area contributed by atoms with Gasteiger partial charge in [0.15, 0.2) is 6.04 Å². The number of carboxylic acids is 3. The van der Waals surface area contributed by atoms with E-state index in [4.69, 9.17) is 5.73 Å². The number of nitrogens with one attached hydrogen (secondary N) is 7. The smallest absolute Gasteiger partial charge is 0.328 e. The van der Waals surface area contributed by atoms with Crippen LogP contribution in [0.15, 0.2) is 0 Å². The first-order chi connectivity index (χ1) is 28.6. The van der Waals surface area contributed by atoms with Crippen LogP contribution in [0, 0.1) is 17.8 Å². The number of carbonyl (C=O) groups is 10. The van der Waals surface area contributed by atoms with Gasteiger partial charge < -0.3 is 73.6 Å². The Kier molecular flexibility index (Phi) is 25.1. The lowest BCUT2D eigenvalue weighted by Gasteiger charge is -2.30. The first-order valence-corrected chi connectivity index (χ1v) is 20.1. The quantitative estimate of drug-likeness (QED) is 0.0340. The number of amides is 7. The molecule has 0 aromatic heterocycles. The second-order valence-corrected chi connectivity index (χ2v) is 16.2. The maximum absolute atomic E-state index is 13.7. The van der Waals surface area contributed by atoms with Gasteiger partial charge in [0, 0.05) is 12.8 Å². The molecule has 24 heteroatoms. The van der Waals surface area contributed by atoms with E-state index in [2.05, 4.69) is 31.9 Å². The monoisotopic (exact) mass is 890 g/mol. The molecule has 0 aliphatic rings. The van der Waals surface area contributed by atoms with E-state index >= 15 is 0 Å². The van der Waals surface area contributed by atoms with E-state index in [0.717, 1.165) is 13.8 Å². The van der Waals surface area contributed by atoms with Crippen LogP contribution in [0.3, 0.4) is 0 Å². The van der Waals surface area contributed by atoms with E-state index in [9.17, 15) is 78.6 Å². The van der Waals surface area contributed by atoms with Crippen molar-refractivity contribution in [2.24, 2.45) is 23.5 Å². The second-order valence-electron chi connectivity index (χ2n) is 16.2. The number of aliphatic carboxylic acids is 3. The summed E-state index contributed by atoms with van der Waals surface area (Å²) in [4.78, 5) is 128. The highest BCUT2D eigenvalue weighted by Gasteiger charge is 2.37. The number of rotatable bonds is 29. The van der Waals surface area contributed by atoms with Crippen LogP contribution in [0.4, 0.5) is 0 Å². The summed E-state index contributed by atoms with van der Waals surface area (Å²) in [6.07, 6.45) is -5.62. The molecule has 0 aromatic carbocycles. The zero-order chi connectivity index (χ0) is 48.2. The molecule has 354 valence electrons.